The van der Waals surface area contributed by atoms with Crippen LogP contribution in [0.15, 0.2) is 24.3 Å². The lowest BCUT2D eigenvalue weighted by atomic mass is 9.96. The molecular formula is C17H25ClN2O. The molecule has 1 N–H and O–H groups in total. The number of hydrogen-bond donors (Lipinski definition) is 1. The molecule has 1 aromatic carbocycles. The van der Waals surface area contributed by atoms with Gasteiger partial charge in [0.2, 0.25) is 5.91 Å². The zero-order valence-electron chi connectivity index (χ0n) is 12.8. The first-order valence-corrected chi connectivity index (χ1v) is 8.31. The average molecular weight is 309 g/mol. The molecule has 1 saturated heterocycles. The molecule has 0 saturated carbocycles. The molecule has 1 aromatic rings. The number of carbonyl (C=O) groups is 1. The second-order valence-electron chi connectivity index (χ2n) is 5.85. The smallest absolute Gasteiger partial charge is 0.224 e. The van der Waals surface area contributed by atoms with E-state index in [1.165, 1.54) is 5.56 Å². The molecule has 1 aliphatic rings. The van der Waals surface area contributed by atoms with Crippen molar-refractivity contribution in [1.29, 1.82) is 0 Å². The number of carbonyl (C=O) groups excluding carboxylic acids is 1. The van der Waals surface area contributed by atoms with Gasteiger partial charge in [0.15, 0.2) is 0 Å². The summed E-state index contributed by atoms with van der Waals surface area (Å²) in [6.45, 7) is 5.73. The van der Waals surface area contributed by atoms with Crippen molar-refractivity contribution < 1.29 is 4.79 Å². The zero-order valence-corrected chi connectivity index (χ0v) is 13.5. The summed E-state index contributed by atoms with van der Waals surface area (Å²) in [4.78, 5) is 14.5. The van der Waals surface area contributed by atoms with E-state index < -0.39 is 0 Å². The number of unbranched alkanes of at least 4 members (excludes halogenated alkanes) is 1. The van der Waals surface area contributed by atoms with Crippen molar-refractivity contribution in [3.63, 3.8) is 0 Å². The fourth-order valence-corrected chi connectivity index (χ4v) is 3.05. The van der Waals surface area contributed by atoms with Crippen molar-refractivity contribution in [2.45, 2.75) is 39.2 Å². The van der Waals surface area contributed by atoms with Gasteiger partial charge in [0.25, 0.3) is 0 Å². The summed E-state index contributed by atoms with van der Waals surface area (Å²) in [7, 11) is 0. The highest BCUT2D eigenvalue weighted by Crippen LogP contribution is 2.20. The maximum Gasteiger partial charge on any atom is 0.224 e. The largest absolute Gasteiger partial charge is 0.356 e. The van der Waals surface area contributed by atoms with Gasteiger partial charge < -0.3 is 5.32 Å². The van der Waals surface area contributed by atoms with Crippen LogP contribution in [0.2, 0.25) is 5.02 Å². The highest BCUT2D eigenvalue weighted by Gasteiger charge is 2.25. The number of piperidine rings is 1. The summed E-state index contributed by atoms with van der Waals surface area (Å²) >= 11 is 6.03. The first-order chi connectivity index (χ1) is 10.2. The molecular weight excluding hydrogens is 284 g/mol. The van der Waals surface area contributed by atoms with Crippen LogP contribution >= 0.6 is 11.6 Å². The number of halogens is 1. The quantitative estimate of drug-likeness (QED) is 0.816. The van der Waals surface area contributed by atoms with Gasteiger partial charge >= 0.3 is 0 Å². The zero-order chi connectivity index (χ0) is 15.1. The minimum atomic E-state index is 0.134. The van der Waals surface area contributed by atoms with Gasteiger partial charge in [-0.2, -0.15) is 0 Å². The van der Waals surface area contributed by atoms with Gasteiger partial charge in [0.1, 0.15) is 0 Å². The molecule has 4 heteroatoms. The highest BCUT2D eigenvalue weighted by molar-refractivity contribution is 6.30. The molecule has 1 amide bonds. The normalized spacial score (nSPS) is 19.4. The lowest BCUT2D eigenvalue weighted by molar-refractivity contribution is -0.126. The first-order valence-electron chi connectivity index (χ1n) is 7.93. The van der Waals surface area contributed by atoms with Gasteiger partial charge in [-0.25, -0.2) is 0 Å². The van der Waals surface area contributed by atoms with Crippen molar-refractivity contribution in [2.24, 2.45) is 5.92 Å². The van der Waals surface area contributed by atoms with Gasteiger partial charge in [-0.15, -0.1) is 0 Å². The Morgan fingerprint density at radius 3 is 3.10 bits per heavy atom. The van der Waals surface area contributed by atoms with Crippen LogP contribution in [0.1, 0.15) is 38.2 Å². The summed E-state index contributed by atoms with van der Waals surface area (Å²) in [5, 5.41) is 3.84. The van der Waals surface area contributed by atoms with Crippen LogP contribution in [0.25, 0.3) is 0 Å². The van der Waals surface area contributed by atoms with Crippen LogP contribution < -0.4 is 5.32 Å². The van der Waals surface area contributed by atoms with Crippen LogP contribution in [-0.2, 0) is 11.3 Å². The topological polar surface area (TPSA) is 32.3 Å². The average Bonchev–Trinajstić information content (AvgIpc) is 2.48. The third-order valence-electron chi connectivity index (χ3n) is 4.00. The minimum absolute atomic E-state index is 0.134. The molecule has 1 atom stereocenters. The molecule has 0 spiro atoms. The summed E-state index contributed by atoms with van der Waals surface area (Å²) in [6, 6.07) is 7.98. The molecule has 0 bridgehead atoms. The Bertz CT molecular complexity index is 464. The second kappa shape index (κ2) is 8.40. The number of nitrogens with zero attached hydrogens (tertiary/aromatic N) is 1. The molecule has 21 heavy (non-hydrogen) atoms. The molecule has 3 nitrogen and oxygen atoms in total. The second-order valence-corrected chi connectivity index (χ2v) is 6.29. The van der Waals surface area contributed by atoms with E-state index in [0.717, 1.165) is 56.9 Å². The number of amides is 1. The number of nitrogens with one attached hydrogen (secondary N) is 1. The summed E-state index contributed by atoms with van der Waals surface area (Å²) in [6.07, 6.45) is 4.27. The lowest BCUT2D eigenvalue weighted by Crippen LogP contribution is -2.42. The van der Waals surface area contributed by atoms with E-state index in [2.05, 4.69) is 23.2 Å². The Morgan fingerprint density at radius 2 is 2.33 bits per heavy atom. The van der Waals surface area contributed by atoms with Crippen LogP contribution in [0.5, 0.6) is 0 Å². The van der Waals surface area contributed by atoms with Gasteiger partial charge in [0.05, 0.1) is 5.92 Å². The fraction of sp³-hybridized carbons (Fsp3) is 0.588. The van der Waals surface area contributed by atoms with Gasteiger partial charge in [0, 0.05) is 24.7 Å². The van der Waals surface area contributed by atoms with Crippen LogP contribution in [0, 0.1) is 5.92 Å². The van der Waals surface area contributed by atoms with Gasteiger partial charge in [-0.1, -0.05) is 37.1 Å². The molecule has 1 fully saturated rings. The van der Waals surface area contributed by atoms with E-state index in [4.69, 9.17) is 11.6 Å². The summed E-state index contributed by atoms with van der Waals surface area (Å²) in [5.74, 6) is 0.356. The molecule has 0 radical (unpaired) electrons. The summed E-state index contributed by atoms with van der Waals surface area (Å²) in [5.41, 5.74) is 1.22. The maximum atomic E-state index is 12.2. The number of rotatable bonds is 6. The van der Waals surface area contributed by atoms with E-state index in [-0.39, 0.29) is 11.8 Å². The predicted molar refractivity (Wildman–Crippen MR) is 87.4 cm³/mol. The fourth-order valence-electron chi connectivity index (χ4n) is 2.84. The summed E-state index contributed by atoms with van der Waals surface area (Å²) < 4.78 is 0. The molecule has 1 aliphatic heterocycles. The van der Waals surface area contributed by atoms with Crippen molar-refractivity contribution in [3.8, 4) is 0 Å². The molecule has 0 aromatic heterocycles. The lowest BCUT2D eigenvalue weighted by Gasteiger charge is -2.32. The van der Waals surface area contributed by atoms with E-state index >= 15 is 0 Å². The van der Waals surface area contributed by atoms with Crippen molar-refractivity contribution in [3.05, 3.63) is 34.9 Å². The SMILES string of the molecule is CCCCNC(=O)C1CCCN(Cc2cccc(Cl)c2)C1. The standard InChI is InChI=1S/C17H25ClN2O/c1-2-3-9-19-17(21)15-7-5-10-20(13-15)12-14-6-4-8-16(18)11-14/h4,6,8,11,15H,2-3,5,7,9-10,12-13H2,1H3,(H,19,21). The number of benzene rings is 1. The Morgan fingerprint density at radius 1 is 1.48 bits per heavy atom. The Kier molecular flexibility index (Phi) is 6.52. The third-order valence-corrected chi connectivity index (χ3v) is 4.24. The first kappa shape index (κ1) is 16.3. The van der Waals surface area contributed by atoms with Gasteiger partial charge in [-0.3, -0.25) is 9.69 Å². The van der Waals surface area contributed by atoms with Crippen molar-refractivity contribution in [2.75, 3.05) is 19.6 Å². The minimum Gasteiger partial charge on any atom is -0.356 e. The number of likely N-dealkylation sites (tertiary alicyclic amines) is 1. The number of hydrogen-bond acceptors (Lipinski definition) is 2. The van der Waals surface area contributed by atoms with Crippen LogP contribution in [0.3, 0.4) is 0 Å². The Balaban J connectivity index is 1.84. The van der Waals surface area contributed by atoms with Crippen molar-refractivity contribution >= 4 is 17.5 Å². The molecule has 116 valence electrons. The highest BCUT2D eigenvalue weighted by atomic mass is 35.5. The van der Waals surface area contributed by atoms with E-state index in [1.54, 1.807) is 0 Å². The third kappa shape index (κ3) is 5.33. The monoisotopic (exact) mass is 308 g/mol. The van der Waals surface area contributed by atoms with Crippen LogP contribution in [0.4, 0.5) is 0 Å². The molecule has 1 heterocycles. The van der Waals surface area contributed by atoms with E-state index in [0.29, 0.717) is 0 Å². The van der Waals surface area contributed by atoms with E-state index in [1.807, 2.05) is 18.2 Å². The van der Waals surface area contributed by atoms with E-state index in [9.17, 15) is 4.79 Å². The van der Waals surface area contributed by atoms with Gasteiger partial charge in [-0.05, 0) is 43.5 Å². The Hall–Kier alpha value is -1.06. The molecule has 1 unspecified atom stereocenters. The Labute approximate surface area is 132 Å². The van der Waals surface area contributed by atoms with Crippen LogP contribution in [-0.4, -0.2) is 30.4 Å². The maximum absolute atomic E-state index is 12.2. The molecule has 0 aliphatic carbocycles. The predicted octanol–water partition coefficient (Wildman–Crippen LogP) is 3.47. The van der Waals surface area contributed by atoms with Crippen molar-refractivity contribution in [1.82, 2.24) is 10.2 Å². The molecule has 2 rings (SSSR count).